The third-order valence-electron chi connectivity index (χ3n) is 4.32. The van der Waals surface area contributed by atoms with Gasteiger partial charge in [0.2, 0.25) is 0 Å². The molecule has 2 heterocycles. The molecule has 0 N–H and O–H groups in total. The minimum Gasteiger partial charge on any atom is -0.330 e. The number of amides is 1. The molecular formula is C19H16FN3O. The zero-order valence-electron chi connectivity index (χ0n) is 13.0. The Morgan fingerprint density at radius 2 is 1.83 bits per heavy atom. The lowest BCUT2D eigenvalue weighted by Gasteiger charge is -2.34. The fourth-order valence-corrected chi connectivity index (χ4v) is 3.13. The Hall–Kier alpha value is -2.95. The summed E-state index contributed by atoms with van der Waals surface area (Å²) in [5.41, 5.74) is 2.83. The van der Waals surface area contributed by atoms with Crippen LogP contribution in [0.1, 0.15) is 22.9 Å². The molecule has 0 spiro atoms. The summed E-state index contributed by atoms with van der Waals surface area (Å²) in [4.78, 5) is 19.1. The lowest BCUT2D eigenvalue weighted by Crippen LogP contribution is -2.42. The van der Waals surface area contributed by atoms with Gasteiger partial charge in [-0.1, -0.05) is 42.5 Å². The number of hydrogen-bond acceptors (Lipinski definition) is 2. The molecule has 0 saturated heterocycles. The molecule has 0 saturated carbocycles. The monoisotopic (exact) mass is 321 g/mol. The summed E-state index contributed by atoms with van der Waals surface area (Å²) >= 11 is 0. The molecule has 24 heavy (non-hydrogen) atoms. The van der Waals surface area contributed by atoms with Crippen molar-refractivity contribution in [3.63, 3.8) is 0 Å². The quantitative estimate of drug-likeness (QED) is 0.743. The minimum atomic E-state index is -0.405. The first-order valence-corrected chi connectivity index (χ1v) is 7.81. The number of carbonyl (C=O) groups is 1. The van der Waals surface area contributed by atoms with Gasteiger partial charge < -0.3 is 9.47 Å². The van der Waals surface area contributed by atoms with Crippen LogP contribution in [0, 0.1) is 5.82 Å². The van der Waals surface area contributed by atoms with E-state index in [-0.39, 0.29) is 11.7 Å². The third kappa shape index (κ3) is 2.58. The van der Waals surface area contributed by atoms with Crippen molar-refractivity contribution in [2.45, 2.75) is 19.1 Å². The Morgan fingerprint density at radius 1 is 1.08 bits per heavy atom. The van der Waals surface area contributed by atoms with E-state index in [0.29, 0.717) is 13.1 Å². The minimum absolute atomic E-state index is 0.0241. The number of halogens is 1. The van der Waals surface area contributed by atoms with Gasteiger partial charge in [0, 0.05) is 12.7 Å². The van der Waals surface area contributed by atoms with Gasteiger partial charge in [-0.25, -0.2) is 9.37 Å². The summed E-state index contributed by atoms with van der Waals surface area (Å²) in [6.07, 6.45) is 3.50. The van der Waals surface area contributed by atoms with Crippen molar-refractivity contribution in [1.29, 1.82) is 0 Å². The van der Waals surface area contributed by atoms with E-state index in [9.17, 15) is 9.18 Å². The lowest BCUT2D eigenvalue weighted by molar-refractivity contribution is -0.136. The molecule has 1 aliphatic rings. The van der Waals surface area contributed by atoms with Gasteiger partial charge in [0.05, 0.1) is 18.6 Å². The maximum atomic E-state index is 13.1. The van der Waals surface area contributed by atoms with Crippen molar-refractivity contribution in [1.82, 2.24) is 14.5 Å². The highest BCUT2D eigenvalue weighted by atomic mass is 19.1. The van der Waals surface area contributed by atoms with Crippen molar-refractivity contribution in [3.8, 4) is 0 Å². The molecule has 1 atom stereocenters. The van der Waals surface area contributed by atoms with E-state index in [0.717, 1.165) is 16.8 Å². The smallest absolute Gasteiger partial charge is 0.250 e. The van der Waals surface area contributed by atoms with Crippen LogP contribution >= 0.6 is 0 Å². The Morgan fingerprint density at radius 3 is 2.58 bits per heavy atom. The fraction of sp³-hybridized carbons (Fsp3) is 0.158. The molecule has 0 fully saturated rings. The molecule has 1 unspecified atom stereocenters. The number of fused-ring (bicyclic) bond motifs is 1. The predicted octanol–water partition coefficient (Wildman–Crippen LogP) is 3.15. The van der Waals surface area contributed by atoms with Crippen LogP contribution in [0.25, 0.3) is 0 Å². The van der Waals surface area contributed by atoms with Crippen LogP contribution in [0.4, 0.5) is 4.39 Å². The second-order valence-electron chi connectivity index (χ2n) is 5.93. The third-order valence-corrected chi connectivity index (χ3v) is 4.32. The number of imidazole rings is 1. The zero-order chi connectivity index (χ0) is 16.5. The van der Waals surface area contributed by atoms with E-state index in [2.05, 4.69) is 4.98 Å². The first-order valence-electron chi connectivity index (χ1n) is 7.81. The largest absolute Gasteiger partial charge is 0.330 e. The van der Waals surface area contributed by atoms with E-state index in [4.69, 9.17) is 0 Å². The average molecular weight is 321 g/mol. The van der Waals surface area contributed by atoms with E-state index in [1.165, 1.54) is 12.1 Å². The molecule has 4 rings (SSSR count). The van der Waals surface area contributed by atoms with Gasteiger partial charge in [-0.2, -0.15) is 0 Å². The Balaban J connectivity index is 1.68. The van der Waals surface area contributed by atoms with Crippen molar-refractivity contribution >= 4 is 5.91 Å². The second-order valence-corrected chi connectivity index (χ2v) is 5.93. The topological polar surface area (TPSA) is 38.1 Å². The molecule has 5 heteroatoms. The Kier molecular flexibility index (Phi) is 3.61. The standard InChI is InChI=1S/C19H16FN3O/c20-16-8-6-14(7-9-16)11-22-12-17-10-21-13-23(17)18(19(22)24)15-4-2-1-3-5-15/h1-10,13,18H,11-12H2. The Bertz CT molecular complexity index is 858. The van der Waals surface area contributed by atoms with Gasteiger partial charge in [0.25, 0.3) is 5.91 Å². The maximum Gasteiger partial charge on any atom is 0.250 e. The number of rotatable bonds is 3. The summed E-state index contributed by atoms with van der Waals surface area (Å²) in [5.74, 6) is -0.250. The molecule has 0 bridgehead atoms. The van der Waals surface area contributed by atoms with E-state index in [1.807, 2.05) is 34.9 Å². The van der Waals surface area contributed by atoms with Gasteiger partial charge in [0.1, 0.15) is 11.9 Å². The zero-order valence-corrected chi connectivity index (χ0v) is 13.0. The molecular weight excluding hydrogens is 305 g/mol. The maximum absolute atomic E-state index is 13.1. The van der Waals surface area contributed by atoms with Gasteiger partial charge >= 0.3 is 0 Å². The summed E-state index contributed by atoms with van der Waals surface area (Å²) in [7, 11) is 0. The first-order chi connectivity index (χ1) is 11.7. The SMILES string of the molecule is O=C1C(c2ccccc2)n2cncc2CN1Cc1ccc(F)cc1. The van der Waals surface area contributed by atoms with Crippen molar-refractivity contribution in [2.75, 3.05) is 0 Å². The Labute approximate surface area is 139 Å². The predicted molar refractivity (Wildman–Crippen MR) is 87.5 cm³/mol. The molecule has 3 aromatic rings. The number of carbonyl (C=O) groups excluding carboxylic acids is 1. The summed E-state index contributed by atoms with van der Waals surface area (Å²) in [6.45, 7) is 0.952. The van der Waals surface area contributed by atoms with Crippen LogP contribution in [0.15, 0.2) is 67.1 Å². The highest BCUT2D eigenvalue weighted by Crippen LogP contribution is 2.29. The molecule has 0 aliphatic carbocycles. The van der Waals surface area contributed by atoms with Crippen LogP contribution < -0.4 is 0 Å². The summed E-state index contributed by atoms with van der Waals surface area (Å²) < 4.78 is 15.0. The van der Waals surface area contributed by atoms with Crippen LogP contribution in [-0.2, 0) is 17.9 Å². The van der Waals surface area contributed by atoms with Gasteiger partial charge in [0.15, 0.2) is 0 Å². The van der Waals surface area contributed by atoms with Crippen molar-refractivity contribution < 1.29 is 9.18 Å². The average Bonchev–Trinajstić information content (AvgIpc) is 3.06. The number of aromatic nitrogens is 2. The molecule has 1 aromatic heterocycles. The van der Waals surface area contributed by atoms with Gasteiger partial charge in [-0.05, 0) is 23.3 Å². The molecule has 4 nitrogen and oxygen atoms in total. The van der Waals surface area contributed by atoms with Gasteiger partial charge in [-0.15, -0.1) is 0 Å². The molecule has 0 radical (unpaired) electrons. The second kappa shape index (κ2) is 5.92. The van der Waals surface area contributed by atoms with Crippen LogP contribution in [-0.4, -0.2) is 20.4 Å². The number of benzene rings is 2. The van der Waals surface area contributed by atoms with Crippen molar-refractivity contribution in [3.05, 3.63) is 89.8 Å². The van der Waals surface area contributed by atoms with Gasteiger partial charge in [-0.3, -0.25) is 4.79 Å². The normalized spacial score (nSPS) is 17.0. The van der Waals surface area contributed by atoms with E-state index < -0.39 is 6.04 Å². The number of hydrogen-bond donors (Lipinski definition) is 0. The highest BCUT2D eigenvalue weighted by molar-refractivity contribution is 5.84. The highest BCUT2D eigenvalue weighted by Gasteiger charge is 2.33. The molecule has 2 aromatic carbocycles. The summed E-state index contributed by atoms with van der Waals surface area (Å²) in [6, 6.07) is 15.6. The lowest BCUT2D eigenvalue weighted by atomic mass is 10.0. The van der Waals surface area contributed by atoms with E-state index >= 15 is 0 Å². The van der Waals surface area contributed by atoms with Crippen molar-refractivity contribution in [2.24, 2.45) is 0 Å². The fourth-order valence-electron chi connectivity index (χ4n) is 3.13. The van der Waals surface area contributed by atoms with Crippen LogP contribution in [0.3, 0.4) is 0 Å². The molecule has 1 aliphatic heterocycles. The summed E-state index contributed by atoms with van der Waals surface area (Å²) in [5, 5.41) is 0. The van der Waals surface area contributed by atoms with Crippen LogP contribution in [0.5, 0.6) is 0 Å². The molecule has 120 valence electrons. The molecule has 1 amide bonds. The van der Waals surface area contributed by atoms with Crippen LogP contribution in [0.2, 0.25) is 0 Å². The number of nitrogens with zero attached hydrogens (tertiary/aromatic N) is 3. The van der Waals surface area contributed by atoms with E-state index in [1.54, 1.807) is 29.6 Å². The first kappa shape index (κ1) is 14.6.